The number of carbonyl (C=O) groups excluding carboxylic acids is 2. The Kier molecular flexibility index (Phi) is 7.23. The van der Waals surface area contributed by atoms with Gasteiger partial charge in [-0.05, 0) is 47.2 Å². The summed E-state index contributed by atoms with van der Waals surface area (Å²) in [5.41, 5.74) is -0.454. The molecule has 0 fully saturated rings. The highest BCUT2D eigenvalue weighted by molar-refractivity contribution is 5.85. The average molecular weight is 242 g/mol. The molecule has 0 spiro atoms. The van der Waals surface area contributed by atoms with Crippen LogP contribution in [-0.4, -0.2) is 36.2 Å². The van der Waals surface area contributed by atoms with E-state index in [4.69, 9.17) is 0 Å². The Bertz CT molecular complexity index is 262. The molecule has 0 rings (SSSR count). The second-order valence-electron chi connectivity index (χ2n) is 4.96. The first-order chi connectivity index (χ1) is 7.81. The Labute approximate surface area is 105 Å². The minimum absolute atomic E-state index is 0.0687. The number of hydrogen-bond donors (Lipinski definition) is 2. The van der Waals surface area contributed by atoms with Gasteiger partial charge in [-0.3, -0.25) is 9.59 Å². The first kappa shape index (κ1) is 16.3. The maximum absolute atomic E-state index is 11.3. The number of rotatable bonds is 9. The molecule has 0 aromatic rings. The van der Waals surface area contributed by atoms with E-state index in [2.05, 4.69) is 10.6 Å². The lowest BCUT2D eigenvalue weighted by molar-refractivity contribution is -0.122. The average Bonchev–Trinajstić information content (AvgIpc) is 2.26. The van der Waals surface area contributed by atoms with E-state index in [1.165, 1.54) is 0 Å². The molecule has 0 aromatic carbocycles. The smallest absolute Gasteiger partial charge is 0.149 e. The number of hydrogen-bond acceptors (Lipinski definition) is 4. The maximum Gasteiger partial charge on any atom is 0.149 e. The van der Waals surface area contributed by atoms with Crippen LogP contribution in [0.25, 0.3) is 0 Å². The third-order valence-electron chi connectivity index (χ3n) is 3.08. The highest BCUT2D eigenvalue weighted by atomic mass is 16.1. The van der Waals surface area contributed by atoms with Crippen molar-refractivity contribution in [2.24, 2.45) is 0 Å². The molecule has 0 heterocycles. The first-order valence-electron chi connectivity index (χ1n) is 6.33. The van der Waals surface area contributed by atoms with Crippen LogP contribution in [0.15, 0.2) is 0 Å². The van der Waals surface area contributed by atoms with Gasteiger partial charge in [-0.15, -0.1) is 0 Å². The van der Waals surface area contributed by atoms with E-state index in [1.54, 1.807) is 6.92 Å². The summed E-state index contributed by atoms with van der Waals surface area (Å²) in [6.45, 7) is 10.7. The van der Waals surface area contributed by atoms with Gasteiger partial charge in [0.05, 0.1) is 11.6 Å². The molecular formula is C13H26N2O2. The Morgan fingerprint density at radius 1 is 1.24 bits per heavy atom. The van der Waals surface area contributed by atoms with E-state index in [9.17, 15) is 9.59 Å². The summed E-state index contributed by atoms with van der Waals surface area (Å²) in [6.07, 6.45) is 1.47. The summed E-state index contributed by atoms with van der Waals surface area (Å²) in [6, 6.07) is -0.0687. The van der Waals surface area contributed by atoms with E-state index in [0.717, 1.165) is 19.5 Å². The summed E-state index contributed by atoms with van der Waals surface area (Å²) < 4.78 is 0. The van der Waals surface area contributed by atoms with Crippen molar-refractivity contribution in [2.45, 2.75) is 59.0 Å². The topological polar surface area (TPSA) is 58.2 Å². The fourth-order valence-corrected chi connectivity index (χ4v) is 1.35. The molecule has 0 aromatic heterocycles. The highest BCUT2D eigenvalue weighted by Gasteiger charge is 2.21. The minimum atomic E-state index is -0.454. The van der Waals surface area contributed by atoms with E-state index in [1.807, 2.05) is 27.7 Å². The lowest BCUT2D eigenvalue weighted by Crippen LogP contribution is -2.46. The number of ketones is 2. The third kappa shape index (κ3) is 6.54. The van der Waals surface area contributed by atoms with Gasteiger partial charge in [0.1, 0.15) is 11.6 Å². The largest absolute Gasteiger partial charge is 0.308 e. The van der Waals surface area contributed by atoms with Gasteiger partial charge in [0.25, 0.3) is 0 Å². The Morgan fingerprint density at radius 2 is 1.82 bits per heavy atom. The van der Waals surface area contributed by atoms with Gasteiger partial charge in [-0.2, -0.15) is 0 Å². The quantitative estimate of drug-likeness (QED) is 0.598. The van der Waals surface area contributed by atoms with Gasteiger partial charge < -0.3 is 10.6 Å². The predicted molar refractivity (Wildman–Crippen MR) is 70.1 cm³/mol. The summed E-state index contributed by atoms with van der Waals surface area (Å²) in [4.78, 5) is 22.5. The van der Waals surface area contributed by atoms with Crippen LogP contribution < -0.4 is 10.6 Å². The summed E-state index contributed by atoms with van der Waals surface area (Å²) in [5.74, 6) is 0.377. The number of carbonyl (C=O) groups is 2. The Hall–Kier alpha value is -0.740. The molecule has 1 atom stereocenters. The van der Waals surface area contributed by atoms with E-state index in [0.29, 0.717) is 6.42 Å². The number of nitrogens with one attached hydrogen (secondary N) is 2. The van der Waals surface area contributed by atoms with Gasteiger partial charge in [0.15, 0.2) is 0 Å². The monoisotopic (exact) mass is 242 g/mol. The lowest BCUT2D eigenvalue weighted by Gasteiger charge is -2.23. The van der Waals surface area contributed by atoms with Gasteiger partial charge in [-0.25, -0.2) is 0 Å². The van der Waals surface area contributed by atoms with E-state index >= 15 is 0 Å². The second-order valence-corrected chi connectivity index (χ2v) is 4.96. The van der Waals surface area contributed by atoms with Crippen molar-refractivity contribution in [2.75, 3.05) is 13.1 Å². The van der Waals surface area contributed by atoms with Crippen LogP contribution in [0.1, 0.15) is 47.5 Å². The van der Waals surface area contributed by atoms with Gasteiger partial charge in [0.2, 0.25) is 0 Å². The lowest BCUT2D eigenvalue weighted by atomic mass is 10.0. The molecule has 0 saturated heterocycles. The molecule has 0 aliphatic carbocycles. The first-order valence-corrected chi connectivity index (χ1v) is 6.33. The molecule has 100 valence electrons. The van der Waals surface area contributed by atoms with Crippen LogP contribution in [0.4, 0.5) is 0 Å². The Balaban J connectivity index is 3.66. The molecule has 0 saturated carbocycles. The predicted octanol–water partition coefficient (Wildman–Crippen LogP) is 1.29. The highest BCUT2D eigenvalue weighted by Crippen LogP contribution is 2.02. The molecule has 2 N–H and O–H groups in total. The zero-order chi connectivity index (χ0) is 13.5. The molecule has 4 heteroatoms. The van der Waals surface area contributed by atoms with Gasteiger partial charge in [-0.1, -0.05) is 6.92 Å². The van der Waals surface area contributed by atoms with E-state index in [-0.39, 0.29) is 17.6 Å². The van der Waals surface area contributed by atoms with Crippen LogP contribution in [0.3, 0.4) is 0 Å². The van der Waals surface area contributed by atoms with Crippen molar-refractivity contribution in [1.29, 1.82) is 0 Å². The van der Waals surface area contributed by atoms with Crippen molar-refractivity contribution >= 4 is 11.6 Å². The van der Waals surface area contributed by atoms with Crippen molar-refractivity contribution in [3.8, 4) is 0 Å². The molecular weight excluding hydrogens is 216 g/mol. The van der Waals surface area contributed by atoms with Gasteiger partial charge >= 0.3 is 0 Å². The molecule has 0 radical (unpaired) electrons. The standard InChI is InChI=1S/C13H26N2O2/c1-6-12(17)10(2)14-8-7-9-15-13(4,5)11(3)16/h10,14-15H,6-9H2,1-5H3. The van der Waals surface area contributed by atoms with Crippen molar-refractivity contribution in [3.05, 3.63) is 0 Å². The summed E-state index contributed by atoms with van der Waals surface area (Å²) >= 11 is 0. The van der Waals surface area contributed by atoms with Crippen LogP contribution in [0.5, 0.6) is 0 Å². The number of Topliss-reactive ketones (excluding diaryl/α,β-unsaturated/α-hetero) is 2. The zero-order valence-electron chi connectivity index (χ0n) is 11.7. The van der Waals surface area contributed by atoms with E-state index < -0.39 is 5.54 Å². The third-order valence-corrected chi connectivity index (χ3v) is 3.08. The molecule has 0 aliphatic rings. The van der Waals surface area contributed by atoms with Crippen molar-refractivity contribution in [1.82, 2.24) is 10.6 Å². The molecule has 1 unspecified atom stereocenters. The van der Waals surface area contributed by atoms with Crippen LogP contribution in [-0.2, 0) is 9.59 Å². The van der Waals surface area contributed by atoms with Gasteiger partial charge in [0, 0.05) is 6.42 Å². The Morgan fingerprint density at radius 3 is 2.29 bits per heavy atom. The molecule has 0 aliphatic heterocycles. The fraction of sp³-hybridized carbons (Fsp3) is 0.846. The minimum Gasteiger partial charge on any atom is -0.308 e. The van der Waals surface area contributed by atoms with Crippen molar-refractivity contribution < 1.29 is 9.59 Å². The molecule has 17 heavy (non-hydrogen) atoms. The van der Waals surface area contributed by atoms with Crippen molar-refractivity contribution in [3.63, 3.8) is 0 Å². The molecule has 0 bridgehead atoms. The SMILES string of the molecule is CCC(=O)C(C)NCCCNC(C)(C)C(C)=O. The normalized spacial score (nSPS) is 13.5. The summed E-state index contributed by atoms with van der Waals surface area (Å²) in [5, 5.41) is 6.38. The maximum atomic E-state index is 11.3. The fourth-order valence-electron chi connectivity index (χ4n) is 1.35. The van der Waals surface area contributed by atoms with Crippen LogP contribution >= 0.6 is 0 Å². The molecule has 4 nitrogen and oxygen atoms in total. The molecule has 0 amide bonds. The summed E-state index contributed by atoms with van der Waals surface area (Å²) in [7, 11) is 0. The van der Waals surface area contributed by atoms with Crippen LogP contribution in [0.2, 0.25) is 0 Å². The zero-order valence-corrected chi connectivity index (χ0v) is 11.7. The van der Waals surface area contributed by atoms with Crippen LogP contribution in [0, 0.1) is 0 Å². The second kappa shape index (κ2) is 7.56.